The van der Waals surface area contributed by atoms with Gasteiger partial charge in [-0.25, -0.2) is 13.6 Å². The van der Waals surface area contributed by atoms with Crippen LogP contribution in [-0.4, -0.2) is 28.2 Å². The Bertz CT molecular complexity index is 1110. The molecule has 0 bridgehead atoms. The van der Waals surface area contributed by atoms with Crippen LogP contribution in [-0.2, 0) is 4.79 Å². The van der Waals surface area contributed by atoms with Gasteiger partial charge in [-0.3, -0.25) is 10.1 Å². The lowest BCUT2D eigenvalue weighted by atomic mass is 9.98. The van der Waals surface area contributed by atoms with E-state index in [4.69, 9.17) is 0 Å². The number of hydrogen-bond acceptors (Lipinski definition) is 5. The molecule has 3 rings (SSSR count). The van der Waals surface area contributed by atoms with Crippen LogP contribution in [0.25, 0.3) is 10.6 Å². The maximum Gasteiger partial charge on any atom is 0.319 e. The van der Waals surface area contributed by atoms with Crippen LogP contribution in [0.3, 0.4) is 0 Å². The molecule has 0 aliphatic carbocycles. The minimum absolute atomic E-state index is 0.199. The third kappa shape index (κ3) is 6.07. The number of nitrogens with one attached hydrogen (secondary N) is 3. The van der Waals surface area contributed by atoms with E-state index in [-0.39, 0.29) is 16.7 Å². The standard InChI is InChI=1S/C21H20BrF2N5O2S/c1-3-11(2)17(26-20(31)25-16-9-8-14(23)10-15(16)24)18(30)27-21-29-28-19(32-21)12-4-6-13(22)7-5-12/h4-11,17H,3H2,1-2H3,(H2,25,26,31)(H,27,29,30). The quantitative estimate of drug-likeness (QED) is 0.385. The van der Waals surface area contributed by atoms with Crippen LogP contribution in [0, 0.1) is 17.6 Å². The van der Waals surface area contributed by atoms with Gasteiger partial charge in [0.2, 0.25) is 11.0 Å². The Balaban J connectivity index is 1.68. The summed E-state index contributed by atoms with van der Waals surface area (Å²) in [5.74, 6) is -2.38. The van der Waals surface area contributed by atoms with Gasteiger partial charge in [-0.1, -0.05) is 59.7 Å². The highest BCUT2D eigenvalue weighted by Gasteiger charge is 2.27. The Morgan fingerprint density at radius 3 is 2.47 bits per heavy atom. The van der Waals surface area contributed by atoms with Crippen molar-refractivity contribution < 1.29 is 18.4 Å². The average molecular weight is 524 g/mol. The molecule has 3 aromatic rings. The van der Waals surface area contributed by atoms with Gasteiger partial charge in [-0.2, -0.15) is 0 Å². The Kier molecular flexibility index (Phi) is 7.86. The van der Waals surface area contributed by atoms with Crippen molar-refractivity contribution in [2.24, 2.45) is 5.92 Å². The SMILES string of the molecule is CCC(C)C(NC(=O)Nc1ccc(F)cc1F)C(=O)Nc1nnc(-c2ccc(Br)cc2)s1. The zero-order chi connectivity index (χ0) is 23.3. The minimum Gasteiger partial charge on any atom is -0.326 e. The molecular weight excluding hydrogens is 504 g/mol. The number of aromatic nitrogens is 2. The Morgan fingerprint density at radius 1 is 1.09 bits per heavy atom. The van der Waals surface area contributed by atoms with E-state index in [0.29, 0.717) is 17.5 Å². The van der Waals surface area contributed by atoms with Crippen LogP contribution in [0.5, 0.6) is 0 Å². The lowest BCUT2D eigenvalue weighted by Crippen LogP contribution is -2.49. The van der Waals surface area contributed by atoms with E-state index >= 15 is 0 Å². The van der Waals surface area contributed by atoms with Gasteiger partial charge < -0.3 is 10.6 Å². The molecular formula is C21H20BrF2N5O2S. The molecule has 3 amide bonds. The van der Waals surface area contributed by atoms with Crippen molar-refractivity contribution in [1.29, 1.82) is 0 Å². The van der Waals surface area contributed by atoms with Crippen molar-refractivity contribution in [2.45, 2.75) is 26.3 Å². The predicted octanol–water partition coefficient (Wildman–Crippen LogP) is 5.42. The van der Waals surface area contributed by atoms with E-state index < -0.39 is 29.6 Å². The van der Waals surface area contributed by atoms with E-state index in [2.05, 4.69) is 42.1 Å². The topological polar surface area (TPSA) is 96.0 Å². The number of benzene rings is 2. The molecule has 0 aliphatic rings. The van der Waals surface area contributed by atoms with Crippen molar-refractivity contribution in [1.82, 2.24) is 15.5 Å². The summed E-state index contributed by atoms with van der Waals surface area (Å²) in [7, 11) is 0. The molecule has 0 aliphatic heterocycles. The maximum atomic E-state index is 13.8. The molecule has 0 radical (unpaired) electrons. The molecule has 2 aromatic carbocycles. The van der Waals surface area contributed by atoms with E-state index in [0.717, 1.165) is 22.2 Å². The molecule has 1 aromatic heterocycles. The summed E-state index contributed by atoms with van der Waals surface area (Å²) >= 11 is 4.57. The number of amides is 3. The van der Waals surface area contributed by atoms with Gasteiger partial charge in [0.1, 0.15) is 22.7 Å². The summed E-state index contributed by atoms with van der Waals surface area (Å²) in [5.41, 5.74) is 0.652. The Hall–Kier alpha value is -2.92. The first-order chi connectivity index (χ1) is 15.3. The second kappa shape index (κ2) is 10.6. The molecule has 7 nitrogen and oxygen atoms in total. The van der Waals surface area contributed by atoms with Crippen LogP contribution in [0.15, 0.2) is 46.9 Å². The first-order valence-electron chi connectivity index (χ1n) is 9.69. The highest BCUT2D eigenvalue weighted by atomic mass is 79.9. The first kappa shape index (κ1) is 23.7. The largest absolute Gasteiger partial charge is 0.326 e. The summed E-state index contributed by atoms with van der Waals surface area (Å²) < 4.78 is 27.8. The van der Waals surface area contributed by atoms with Crippen LogP contribution < -0.4 is 16.0 Å². The number of rotatable bonds is 7. The molecule has 32 heavy (non-hydrogen) atoms. The molecule has 168 valence electrons. The van der Waals surface area contributed by atoms with Crippen LogP contribution in [0.2, 0.25) is 0 Å². The van der Waals surface area contributed by atoms with E-state index in [9.17, 15) is 18.4 Å². The summed E-state index contributed by atoms with van der Waals surface area (Å²) in [5, 5.41) is 16.5. The van der Waals surface area contributed by atoms with Gasteiger partial charge in [-0.05, 0) is 30.2 Å². The molecule has 3 N–H and O–H groups in total. The van der Waals surface area contributed by atoms with Gasteiger partial charge in [-0.15, -0.1) is 10.2 Å². The molecule has 0 saturated carbocycles. The number of hydrogen-bond donors (Lipinski definition) is 3. The van der Waals surface area contributed by atoms with Crippen LogP contribution in [0.4, 0.5) is 24.4 Å². The van der Waals surface area contributed by atoms with E-state index in [1.54, 1.807) is 6.92 Å². The zero-order valence-corrected chi connectivity index (χ0v) is 19.6. The molecule has 0 spiro atoms. The predicted molar refractivity (Wildman–Crippen MR) is 123 cm³/mol. The summed E-state index contributed by atoms with van der Waals surface area (Å²) in [6.07, 6.45) is 0.601. The molecule has 2 atom stereocenters. The number of nitrogens with zero attached hydrogens (tertiary/aromatic N) is 2. The highest BCUT2D eigenvalue weighted by molar-refractivity contribution is 9.10. The Morgan fingerprint density at radius 2 is 1.81 bits per heavy atom. The van der Waals surface area contributed by atoms with Gasteiger partial charge in [0.05, 0.1) is 5.69 Å². The third-order valence-electron chi connectivity index (χ3n) is 4.71. The Labute approximate surface area is 195 Å². The summed E-state index contributed by atoms with van der Waals surface area (Å²) in [4.78, 5) is 25.2. The summed E-state index contributed by atoms with van der Waals surface area (Å²) in [6, 6.07) is 8.58. The molecule has 0 fully saturated rings. The van der Waals surface area contributed by atoms with Crippen LogP contribution in [0.1, 0.15) is 20.3 Å². The van der Waals surface area contributed by atoms with Crippen molar-refractivity contribution in [3.05, 3.63) is 58.6 Å². The maximum absolute atomic E-state index is 13.8. The number of halogens is 3. The number of carbonyl (C=O) groups excluding carboxylic acids is 2. The van der Waals surface area contributed by atoms with Crippen molar-refractivity contribution in [2.75, 3.05) is 10.6 Å². The molecule has 1 heterocycles. The van der Waals surface area contributed by atoms with E-state index in [1.807, 2.05) is 31.2 Å². The number of carbonyl (C=O) groups is 2. The first-order valence-corrected chi connectivity index (χ1v) is 11.3. The lowest BCUT2D eigenvalue weighted by molar-refractivity contribution is -0.119. The van der Waals surface area contributed by atoms with Crippen LogP contribution >= 0.6 is 27.3 Å². The average Bonchev–Trinajstić information content (AvgIpc) is 3.22. The fourth-order valence-electron chi connectivity index (χ4n) is 2.76. The fraction of sp³-hybridized carbons (Fsp3) is 0.238. The third-order valence-corrected chi connectivity index (χ3v) is 6.12. The van der Waals surface area contributed by atoms with Gasteiger partial charge in [0, 0.05) is 16.1 Å². The normalized spacial score (nSPS) is 12.7. The van der Waals surface area contributed by atoms with Gasteiger partial charge in [0.15, 0.2) is 0 Å². The smallest absolute Gasteiger partial charge is 0.319 e. The number of anilines is 2. The highest BCUT2D eigenvalue weighted by Crippen LogP contribution is 2.27. The molecule has 11 heteroatoms. The van der Waals surface area contributed by atoms with Crippen molar-refractivity contribution >= 4 is 50.0 Å². The summed E-state index contributed by atoms with van der Waals surface area (Å²) in [6.45, 7) is 3.68. The zero-order valence-electron chi connectivity index (χ0n) is 17.2. The van der Waals surface area contributed by atoms with Crippen molar-refractivity contribution in [3.8, 4) is 10.6 Å². The lowest BCUT2D eigenvalue weighted by Gasteiger charge is -2.23. The second-order valence-corrected chi connectivity index (χ2v) is 8.89. The molecule has 2 unspecified atom stereocenters. The van der Waals surface area contributed by atoms with Gasteiger partial charge in [0.25, 0.3) is 0 Å². The second-order valence-electron chi connectivity index (χ2n) is 6.99. The van der Waals surface area contributed by atoms with E-state index in [1.165, 1.54) is 11.3 Å². The number of urea groups is 1. The van der Waals surface area contributed by atoms with Gasteiger partial charge >= 0.3 is 6.03 Å². The monoisotopic (exact) mass is 523 g/mol. The van der Waals surface area contributed by atoms with Crippen molar-refractivity contribution in [3.63, 3.8) is 0 Å². The fourth-order valence-corrected chi connectivity index (χ4v) is 3.77. The minimum atomic E-state index is -0.918. The molecule has 0 saturated heterocycles.